The molecule has 0 heterocycles. The van der Waals surface area contributed by atoms with E-state index in [0.29, 0.717) is 30.6 Å². The molecule has 0 aliphatic heterocycles. The van der Waals surface area contributed by atoms with E-state index < -0.39 is 30.3 Å². The number of hydrogen-bond donors (Lipinski definition) is 5. The minimum absolute atomic E-state index is 0.218. The average molecular weight is 585 g/mol. The second-order valence-corrected chi connectivity index (χ2v) is 9.35. The molecule has 0 radical (unpaired) electrons. The van der Waals surface area contributed by atoms with E-state index in [1.54, 1.807) is 5.57 Å². The Bertz CT molecular complexity index is 952. The van der Waals surface area contributed by atoms with E-state index in [-0.39, 0.29) is 6.42 Å². The monoisotopic (exact) mass is 584 g/mol. The summed E-state index contributed by atoms with van der Waals surface area (Å²) in [6, 6.07) is 12.4. The van der Waals surface area contributed by atoms with E-state index in [1.165, 1.54) is 24.8 Å². The first-order valence-corrected chi connectivity index (χ1v) is 12.6. The third kappa shape index (κ3) is 14.3. The number of carbonyl (C=O) groups is 3. The molecule has 0 aromatic heterocycles. The van der Waals surface area contributed by atoms with Crippen LogP contribution in [0.15, 0.2) is 35.9 Å². The van der Waals surface area contributed by atoms with Gasteiger partial charge in [-0.15, -0.1) is 0 Å². The maximum Gasteiger partial charge on any atom is 0.490 e. The zero-order valence-electron chi connectivity index (χ0n) is 21.8. The van der Waals surface area contributed by atoms with Gasteiger partial charge in [-0.25, -0.2) is 9.59 Å². The van der Waals surface area contributed by atoms with Gasteiger partial charge in [0.2, 0.25) is 0 Å². The molecular formula is C26H34F6N2O6. The minimum Gasteiger partial charge on any atom is -0.481 e. The summed E-state index contributed by atoms with van der Waals surface area (Å²) >= 11 is 0. The van der Waals surface area contributed by atoms with Crippen LogP contribution in [0.1, 0.15) is 57.4 Å². The fourth-order valence-corrected chi connectivity index (χ4v) is 4.17. The van der Waals surface area contributed by atoms with Crippen molar-refractivity contribution in [2.45, 2.75) is 82.3 Å². The van der Waals surface area contributed by atoms with E-state index in [4.69, 9.17) is 24.9 Å². The van der Waals surface area contributed by atoms with Crippen LogP contribution >= 0.6 is 0 Å². The molecule has 0 amide bonds. The number of nitrogens with one attached hydrogen (secondary N) is 2. The van der Waals surface area contributed by atoms with Crippen LogP contribution in [0.2, 0.25) is 0 Å². The molecule has 1 aromatic carbocycles. The molecule has 226 valence electrons. The Morgan fingerprint density at radius 2 is 1.35 bits per heavy atom. The number of rotatable bonds is 9. The SMILES string of the molecule is CC/C(=C\c1ccccc1)[C@@H]1C[C@H]1NC1CCC(NCCC(=O)O)CC1.O=C(O)C(F)(F)F.O=C(O)C(F)(F)F. The zero-order valence-corrected chi connectivity index (χ0v) is 21.8. The quantitative estimate of drug-likeness (QED) is 0.253. The van der Waals surface area contributed by atoms with Crippen LogP contribution in [-0.4, -0.2) is 70.3 Å². The summed E-state index contributed by atoms with van der Waals surface area (Å²) in [7, 11) is 0. The number of hydrogen-bond acceptors (Lipinski definition) is 5. The third-order valence-corrected chi connectivity index (χ3v) is 6.26. The smallest absolute Gasteiger partial charge is 0.481 e. The highest BCUT2D eigenvalue weighted by molar-refractivity contribution is 5.73. The van der Waals surface area contributed by atoms with Gasteiger partial charge in [0.15, 0.2) is 0 Å². The number of halogens is 6. The van der Waals surface area contributed by atoms with Gasteiger partial charge in [-0.1, -0.05) is 48.9 Å². The Hall–Kier alpha value is -3.13. The standard InChI is InChI=1S/C22H32N2O2.2C2HF3O2/c1-2-17(14-16-6-4-3-5-7-16)20-15-21(20)24-19-10-8-18(9-11-19)23-13-12-22(25)26;2*3-2(4,5)1(6)7/h3-7,14,18-21,23-24H,2,8-13,15H2,1H3,(H,25,26);2*(H,6,7)/b17-14+;;/t18?,19?,20-,21+;;/m0../s1. The number of aliphatic carboxylic acids is 3. The first kappa shape index (κ1) is 34.9. The molecule has 2 atom stereocenters. The number of benzene rings is 1. The molecule has 0 unspecified atom stereocenters. The van der Waals surface area contributed by atoms with Gasteiger partial charge in [0.25, 0.3) is 0 Å². The van der Waals surface area contributed by atoms with Gasteiger partial charge in [-0.3, -0.25) is 4.79 Å². The molecule has 2 fully saturated rings. The van der Waals surface area contributed by atoms with Crippen molar-refractivity contribution < 1.29 is 56.0 Å². The Kier molecular flexibility index (Phi) is 14.1. The molecule has 2 saturated carbocycles. The van der Waals surface area contributed by atoms with Crippen molar-refractivity contribution in [1.82, 2.24) is 10.6 Å². The van der Waals surface area contributed by atoms with Crippen LogP contribution in [0.5, 0.6) is 0 Å². The summed E-state index contributed by atoms with van der Waals surface area (Å²) in [4.78, 5) is 28.4. The lowest BCUT2D eigenvalue weighted by Gasteiger charge is -2.30. The second-order valence-electron chi connectivity index (χ2n) is 9.35. The highest BCUT2D eigenvalue weighted by Crippen LogP contribution is 2.40. The fraction of sp³-hybridized carbons (Fsp3) is 0.577. The van der Waals surface area contributed by atoms with Crippen molar-refractivity contribution in [3.8, 4) is 0 Å². The van der Waals surface area contributed by atoms with Gasteiger partial charge in [0, 0.05) is 24.7 Å². The molecular weight excluding hydrogens is 550 g/mol. The lowest BCUT2D eigenvalue weighted by Crippen LogP contribution is -2.41. The van der Waals surface area contributed by atoms with Crippen molar-refractivity contribution >= 4 is 24.0 Å². The molecule has 1 aromatic rings. The lowest BCUT2D eigenvalue weighted by atomic mass is 9.91. The van der Waals surface area contributed by atoms with E-state index in [1.807, 2.05) is 0 Å². The topological polar surface area (TPSA) is 136 Å². The van der Waals surface area contributed by atoms with E-state index in [0.717, 1.165) is 19.3 Å². The number of carboxylic acid groups (broad SMARTS) is 3. The first-order valence-electron chi connectivity index (χ1n) is 12.6. The van der Waals surface area contributed by atoms with Gasteiger partial charge in [0.1, 0.15) is 0 Å². The second kappa shape index (κ2) is 16.2. The third-order valence-electron chi connectivity index (χ3n) is 6.26. The van der Waals surface area contributed by atoms with Gasteiger partial charge in [-0.2, -0.15) is 26.3 Å². The van der Waals surface area contributed by atoms with Crippen LogP contribution in [0.4, 0.5) is 26.3 Å². The Balaban J connectivity index is 0.000000473. The van der Waals surface area contributed by atoms with Crippen LogP contribution in [0.25, 0.3) is 6.08 Å². The zero-order chi connectivity index (χ0) is 30.5. The van der Waals surface area contributed by atoms with Gasteiger partial charge >= 0.3 is 30.3 Å². The molecule has 3 rings (SSSR count). The predicted molar refractivity (Wildman–Crippen MR) is 133 cm³/mol. The summed E-state index contributed by atoms with van der Waals surface area (Å²) in [5.74, 6) is -5.53. The Morgan fingerprint density at radius 1 is 0.875 bits per heavy atom. The maximum absolute atomic E-state index is 10.6. The first-order chi connectivity index (χ1) is 18.5. The van der Waals surface area contributed by atoms with Crippen molar-refractivity contribution in [1.29, 1.82) is 0 Å². The molecule has 5 N–H and O–H groups in total. The van der Waals surface area contributed by atoms with Crippen molar-refractivity contribution in [3.05, 3.63) is 41.5 Å². The summed E-state index contributed by atoms with van der Waals surface area (Å²) in [5, 5.41) is 30.2. The normalized spacial score (nSPS) is 22.6. The van der Waals surface area contributed by atoms with Gasteiger partial charge < -0.3 is 26.0 Å². The summed E-state index contributed by atoms with van der Waals surface area (Å²) in [5.41, 5.74) is 2.88. The molecule has 2 aliphatic carbocycles. The maximum atomic E-state index is 10.6. The van der Waals surface area contributed by atoms with E-state index in [2.05, 4.69) is 54.0 Å². The minimum atomic E-state index is -5.08. The van der Waals surface area contributed by atoms with E-state index >= 15 is 0 Å². The van der Waals surface area contributed by atoms with Gasteiger partial charge in [-0.05, 0) is 50.0 Å². The molecule has 8 nitrogen and oxygen atoms in total. The average Bonchev–Trinajstić information content (AvgIpc) is 3.62. The van der Waals surface area contributed by atoms with Crippen molar-refractivity contribution in [2.24, 2.45) is 5.92 Å². The molecule has 14 heteroatoms. The highest BCUT2D eigenvalue weighted by atomic mass is 19.4. The summed E-state index contributed by atoms with van der Waals surface area (Å²) in [6.07, 6.45) is -0.508. The molecule has 2 aliphatic rings. The predicted octanol–water partition coefficient (Wildman–Crippen LogP) is 5.10. The summed E-state index contributed by atoms with van der Waals surface area (Å²) < 4.78 is 63.5. The largest absolute Gasteiger partial charge is 0.490 e. The highest BCUT2D eigenvalue weighted by Gasteiger charge is 2.41. The van der Waals surface area contributed by atoms with Crippen LogP contribution in [0, 0.1) is 5.92 Å². The summed E-state index contributed by atoms with van der Waals surface area (Å²) in [6.45, 7) is 2.85. The number of carboxylic acids is 3. The lowest BCUT2D eigenvalue weighted by molar-refractivity contribution is -0.193. The number of alkyl halides is 6. The van der Waals surface area contributed by atoms with Crippen LogP contribution in [-0.2, 0) is 14.4 Å². The molecule has 0 saturated heterocycles. The molecule has 40 heavy (non-hydrogen) atoms. The van der Waals surface area contributed by atoms with Gasteiger partial charge in [0.05, 0.1) is 6.42 Å². The molecule has 0 bridgehead atoms. The van der Waals surface area contributed by atoms with Crippen LogP contribution in [0.3, 0.4) is 0 Å². The fourth-order valence-electron chi connectivity index (χ4n) is 4.17. The van der Waals surface area contributed by atoms with Crippen molar-refractivity contribution in [2.75, 3.05) is 6.54 Å². The van der Waals surface area contributed by atoms with Crippen LogP contribution < -0.4 is 10.6 Å². The Labute approximate surface area is 227 Å². The van der Waals surface area contributed by atoms with Crippen molar-refractivity contribution in [3.63, 3.8) is 0 Å². The van der Waals surface area contributed by atoms with E-state index in [9.17, 15) is 31.1 Å². The Morgan fingerprint density at radius 3 is 1.77 bits per heavy atom. The molecule has 0 spiro atoms.